The number of hydrogen-bond acceptors (Lipinski definition) is 4. The summed E-state index contributed by atoms with van der Waals surface area (Å²) >= 11 is 0. The largest absolute Gasteiger partial charge is 0.353 e. The summed E-state index contributed by atoms with van der Waals surface area (Å²) < 4.78 is 11.0. The molecule has 0 aliphatic carbocycles. The SMILES string of the molecule is CCOC(CCN[C@H](C)c1ccccn1)OCC. The number of pyridine rings is 1. The highest BCUT2D eigenvalue weighted by molar-refractivity contribution is 5.07. The molecule has 0 bridgehead atoms. The van der Waals surface area contributed by atoms with Crippen molar-refractivity contribution in [2.45, 2.75) is 39.5 Å². The van der Waals surface area contributed by atoms with Crippen molar-refractivity contribution in [2.75, 3.05) is 19.8 Å². The molecule has 0 amide bonds. The molecule has 0 aliphatic rings. The van der Waals surface area contributed by atoms with E-state index in [1.807, 2.05) is 38.2 Å². The highest BCUT2D eigenvalue weighted by Gasteiger charge is 2.09. The van der Waals surface area contributed by atoms with Gasteiger partial charge in [-0.15, -0.1) is 0 Å². The lowest BCUT2D eigenvalue weighted by molar-refractivity contribution is -0.138. The maximum Gasteiger partial charge on any atom is 0.158 e. The molecule has 102 valence electrons. The zero-order valence-electron chi connectivity index (χ0n) is 11.6. The van der Waals surface area contributed by atoms with E-state index in [9.17, 15) is 0 Å². The molecule has 4 nitrogen and oxygen atoms in total. The minimum atomic E-state index is -0.108. The van der Waals surface area contributed by atoms with Gasteiger partial charge in [0.2, 0.25) is 0 Å². The van der Waals surface area contributed by atoms with E-state index in [2.05, 4.69) is 17.2 Å². The van der Waals surface area contributed by atoms with E-state index in [0.717, 1.165) is 18.7 Å². The van der Waals surface area contributed by atoms with Crippen LogP contribution in [0.4, 0.5) is 0 Å². The Morgan fingerprint density at radius 1 is 1.22 bits per heavy atom. The van der Waals surface area contributed by atoms with Crippen LogP contribution < -0.4 is 5.32 Å². The fraction of sp³-hybridized carbons (Fsp3) is 0.643. The molecule has 1 aromatic rings. The first-order valence-corrected chi connectivity index (χ1v) is 6.65. The normalized spacial score (nSPS) is 12.9. The van der Waals surface area contributed by atoms with Gasteiger partial charge in [-0.05, 0) is 32.9 Å². The van der Waals surface area contributed by atoms with Crippen LogP contribution in [0.2, 0.25) is 0 Å². The molecule has 1 heterocycles. The van der Waals surface area contributed by atoms with Crippen LogP contribution in [0.1, 0.15) is 38.9 Å². The molecule has 18 heavy (non-hydrogen) atoms. The Morgan fingerprint density at radius 2 is 1.94 bits per heavy atom. The van der Waals surface area contributed by atoms with E-state index in [1.165, 1.54) is 0 Å². The van der Waals surface area contributed by atoms with Gasteiger partial charge >= 0.3 is 0 Å². The van der Waals surface area contributed by atoms with E-state index in [0.29, 0.717) is 13.2 Å². The van der Waals surface area contributed by atoms with Crippen molar-refractivity contribution < 1.29 is 9.47 Å². The predicted octanol–water partition coefficient (Wildman–Crippen LogP) is 2.52. The van der Waals surface area contributed by atoms with Crippen LogP contribution in [-0.4, -0.2) is 31.0 Å². The molecule has 4 heteroatoms. The maximum atomic E-state index is 5.49. The second-order valence-electron chi connectivity index (χ2n) is 4.06. The molecule has 1 N–H and O–H groups in total. The molecule has 0 saturated carbocycles. The summed E-state index contributed by atoms with van der Waals surface area (Å²) in [6.45, 7) is 8.29. The highest BCUT2D eigenvalue weighted by Crippen LogP contribution is 2.08. The van der Waals surface area contributed by atoms with Gasteiger partial charge in [0.25, 0.3) is 0 Å². The molecule has 1 aromatic heterocycles. The Hall–Kier alpha value is -0.970. The van der Waals surface area contributed by atoms with Crippen molar-refractivity contribution in [3.8, 4) is 0 Å². The first-order valence-electron chi connectivity index (χ1n) is 6.65. The molecular weight excluding hydrogens is 228 g/mol. The van der Waals surface area contributed by atoms with Gasteiger partial charge < -0.3 is 14.8 Å². The topological polar surface area (TPSA) is 43.4 Å². The number of nitrogens with zero attached hydrogens (tertiary/aromatic N) is 1. The molecule has 0 saturated heterocycles. The molecular formula is C14H24N2O2. The lowest BCUT2D eigenvalue weighted by Gasteiger charge is -2.19. The Balaban J connectivity index is 2.27. The van der Waals surface area contributed by atoms with Gasteiger partial charge in [-0.2, -0.15) is 0 Å². The summed E-state index contributed by atoms with van der Waals surface area (Å²) in [4.78, 5) is 4.32. The second kappa shape index (κ2) is 9.03. The number of hydrogen-bond donors (Lipinski definition) is 1. The van der Waals surface area contributed by atoms with Gasteiger partial charge in [0, 0.05) is 38.4 Å². The Morgan fingerprint density at radius 3 is 2.50 bits per heavy atom. The quantitative estimate of drug-likeness (QED) is 0.686. The summed E-state index contributed by atoms with van der Waals surface area (Å²) in [6.07, 6.45) is 2.55. The van der Waals surface area contributed by atoms with Crippen LogP contribution in [-0.2, 0) is 9.47 Å². The first kappa shape index (κ1) is 15.1. The van der Waals surface area contributed by atoms with Gasteiger partial charge in [0.1, 0.15) is 0 Å². The zero-order valence-corrected chi connectivity index (χ0v) is 11.6. The van der Waals surface area contributed by atoms with Crippen molar-refractivity contribution in [3.63, 3.8) is 0 Å². The minimum Gasteiger partial charge on any atom is -0.353 e. The number of ether oxygens (including phenoxy) is 2. The van der Waals surface area contributed by atoms with Crippen molar-refractivity contribution in [1.82, 2.24) is 10.3 Å². The van der Waals surface area contributed by atoms with Crippen LogP contribution in [0.15, 0.2) is 24.4 Å². The van der Waals surface area contributed by atoms with E-state index in [-0.39, 0.29) is 12.3 Å². The molecule has 0 radical (unpaired) electrons. The first-order chi connectivity index (χ1) is 8.77. The molecule has 0 spiro atoms. The average molecular weight is 252 g/mol. The van der Waals surface area contributed by atoms with E-state index in [4.69, 9.17) is 9.47 Å². The summed E-state index contributed by atoms with van der Waals surface area (Å²) in [6, 6.07) is 6.20. The predicted molar refractivity (Wildman–Crippen MR) is 72.3 cm³/mol. The fourth-order valence-electron chi connectivity index (χ4n) is 1.74. The number of rotatable bonds is 9. The molecule has 0 aliphatic heterocycles. The van der Waals surface area contributed by atoms with Gasteiger partial charge in [-0.3, -0.25) is 4.98 Å². The molecule has 0 unspecified atom stereocenters. The zero-order chi connectivity index (χ0) is 13.2. The van der Waals surface area contributed by atoms with Crippen molar-refractivity contribution in [3.05, 3.63) is 30.1 Å². The molecule has 1 atom stereocenters. The third-order valence-electron chi connectivity index (χ3n) is 2.67. The smallest absolute Gasteiger partial charge is 0.158 e. The van der Waals surface area contributed by atoms with Crippen molar-refractivity contribution in [2.24, 2.45) is 0 Å². The fourth-order valence-corrected chi connectivity index (χ4v) is 1.74. The Labute approximate surface area is 110 Å². The van der Waals surface area contributed by atoms with Gasteiger partial charge in [0.15, 0.2) is 6.29 Å². The van der Waals surface area contributed by atoms with Crippen LogP contribution in [0.25, 0.3) is 0 Å². The standard InChI is InChI=1S/C14H24N2O2/c1-4-17-14(18-5-2)9-11-15-12(3)13-8-6-7-10-16-13/h6-8,10,12,14-15H,4-5,9,11H2,1-3H3/t12-/m1/s1. The summed E-state index contributed by atoms with van der Waals surface area (Å²) in [5, 5.41) is 3.42. The number of nitrogens with one attached hydrogen (secondary N) is 1. The Bertz CT molecular complexity index is 300. The van der Waals surface area contributed by atoms with Crippen LogP contribution in [0, 0.1) is 0 Å². The molecule has 0 fully saturated rings. The van der Waals surface area contributed by atoms with E-state index >= 15 is 0 Å². The van der Waals surface area contributed by atoms with E-state index in [1.54, 1.807) is 0 Å². The Kier molecular flexibility index (Phi) is 7.57. The third kappa shape index (κ3) is 5.58. The molecule has 1 rings (SSSR count). The lowest BCUT2D eigenvalue weighted by atomic mass is 10.2. The van der Waals surface area contributed by atoms with E-state index < -0.39 is 0 Å². The van der Waals surface area contributed by atoms with Crippen LogP contribution in [0.5, 0.6) is 0 Å². The van der Waals surface area contributed by atoms with Crippen LogP contribution in [0.3, 0.4) is 0 Å². The van der Waals surface area contributed by atoms with Crippen molar-refractivity contribution >= 4 is 0 Å². The van der Waals surface area contributed by atoms with Gasteiger partial charge in [0.05, 0.1) is 5.69 Å². The van der Waals surface area contributed by atoms with Gasteiger partial charge in [-0.25, -0.2) is 0 Å². The minimum absolute atomic E-state index is 0.108. The van der Waals surface area contributed by atoms with Gasteiger partial charge in [-0.1, -0.05) is 6.07 Å². The lowest BCUT2D eigenvalue weighted by Crippen LogP contribution is -2.27. The number of aromatic nitrogens is 1. The summed E-state index contributed by atoms with van der Waals surface area (Å²) in [5.41, 5.74) is 1.06. The van der Waals surface area contributed by atoms with Crippen molar-refractivity contribution in [1.29, 1.82) is 0 Å². The van der Waals surface area contributed by atoms with Crippen LogP contribution >= 0.6 is 0 Å². The summed E-state index contributed by atoms with van der Waals surface area (Å²) in [7, 11) is 0. The monoisotopic (exact) mass is 252 g/mol. The average Bonchev–Trinajstić information content (AvgIpc) is 2.40. The summed E-state index contributed by atoms with van der Waals surface area (Å²) in [5.74, 6) is 0. The highest BCUT2D eigenvalue weighted by atomic mass is 16.7. The maximum absolute atomic E-state index is 5.49. The molecule has 0 aromatic carbocycles. The second-order valence-corrected chi connectivity index (χ2v) is 4.06. The third-order valence-corrected chi connectivity index (χ3v) is 2.67.